The number of imidazole rings is 1. The molecule has 3 rings (SSSR count). The second kappa shape index (κ2) is 8.70. The van der Waals surface area contributed by atoms with E-state index >= 15 is 0 Å². The zero-order valence-corrected chi connectivity index (χ0v) is 15.8. The molecule has 1 aliphatic heterocycles. The molecule has 140 valence electrons. The maximum absolute atomic E-state index is 12.7. The summed E-state index contributed by atoms with van der Waals surface area (Å²) in [4.78, 5) is 21.5. The van der Waals surface area contributed by atoms with Gasteiger partial charge >= 0.3 is 6.03 Å². The van der Waals surface area contributed by atoms with Crippen LogP contribution in [-0.4, -0.2) is 65.2 Å². The van der Waals surface area contributed by atoms with E-state index in [9.17, 15) is 4.79 Å². The Morgan fingerprint density at radius 1 is 1.24 bits per heavy atom. The first-order valence-electron chi connectivity index (χ1n) is 9.84. The quantitative estimate of drug-likeness (QED) is 0.891. The zero-order valence-electron chi connectivity index (χ0n) is 15.8. The molecular weight excluding hydrogens is 314 g/mol. The molecular formula is C19H33N5O. The van der Waals surface area contributed by atoms with Gasteiger partial charge in [-0.1, -0.05) is 19.3 Å². The first-order chi connectivity index (χ1) is 12.1. The van der Waals surface area contributed by atoms with E-state index in [1.807, 2.05) is 11.1 Å². The lowest BCUT2D eigenvalue weighted by Gasteiger charge is -2.34. The van der Waals surface area contributed by atoms with Crippen molar-refractivity contribution < 1.29 is 4.79 Å². The smallest absolute Gasteiger partial charge is 0.317 e. The third-order valence-electron chi connectivity index (χ3n) is 5.54. The molecule has 1 atom stereocenters. The second-order valence-corrected chi connectivity index (χ2v) is 7.85. The molecule has 0 bridgehead atoms. The molecule has 1 saturated carbocycles. The average Bonchev–Trinajstić information content (AvgIpc) is 3.09. The molecule has 6 heteroatoms. The number of carbonyl (C=O) groups excluding carboxylic acids is 1. The summed E-state index contributed by atoms with van der Waals surface area (Å²) < 4.78 is 2.26. The number of aromatic nitrogens is 2. The van der Waals surface area contributed by atoms with Crippen LogP contribution < -0.4 is 5.32 Å². The van der Waals surface area contributed by atoms with Crippen molar-refractivity contribution in [2.24, 2.45) is 0 Å². The van der Waals surface area contributed by atoms with Crippen LogP contribution in [0.4, 0.5) is 4.79 Å². The van der Waals surface area contributed by atoms with Gasteiger partial charge in [-0.2, -0.15) is 0 Å². The Morgan fingerprint density at radius 3 is 2.80 bits per heavy atom. The van der Waals surface area contributed by atoms with Crippen LogP contribution in [0.1, 0.15) is 56.7 Å². The normalized spacial score (nSPS) is 22.4. The summed E-state index contributed by atoms with van der Waals surface area (Å²) >= 11 is 0. The molecule has 2 heterocycles. The van der Waals surface area contributed by atoms with Gasteiger partial charge in [-0.3, -0.25) is 0 Å². The molecule has 1 aromatic rings. The molecule has 2 amide bonds. The minimum atomic E-state index is 0.128. The van der Waals surface area contributed by atoms with Gasteiger partial charge in [-0.15, -0.1) is 0 Å². The molecule has 1 saturated heterocycles. The molecule has 2 fully saturated rings. The number of amides is 2. The minimum Gasteiger partial charge on any atom is -0.335 e. The molecule has 6 nitrogen and oxygen atoms in total. The van der Waals surface area contributed by atoms with Crippen molar-refractivity contribution in [3.8, 4) is 0 Å². The highest BCUT2D eigenvalue weighted by atomic mass is 16.2. The Labute approximate surface area is 151 Å². The average molecular weight is 348 g/mol. The predicted molar refractivity (Wildman–Crippen MR) is 99.7 cm³/mol. The summed E-state index contributed by atoms with van der Waals surface area (Å²) in [5, 5.41) is 3.26. The van der Waals surface area contributed by atoms with Crippen molar-refractivity contribution in [2.75, 3.05) is 33.7 Å². The first-order valence-corrected chi connectivity index (χ1v) is 9.84. The van der Waals surface area contributed by atoms with Crippen molar-refractivity contribution >= 4 is 6.03 Å². The highest BCUT2D eigenvalue weighted by molar-refractivity contribution is 5.74. The lowest BCUT2D eigenvalue weighted by atomic mass is 9.95. The Balaban J connectivity index is 1.57. The largest absolute Gasteiger partial charge is 0.335 e. The van der Waals surface area contributed by atoms with Gasteiger partial charge in [0.25, 0.3) is 0 Å². The van der Waals surface area contributed by atoms with Gasteiger partial charge in [0.2, 0.25) is 0 Å². The first kappa shape index (κ1) is 18.2. The number of rotatable bonds is 5. The summed E-state index contributed by atoms with van der Waals surface area (Å²) in [6, 6.07) is 0.506. The molecule has 1 aromatic heterocycles. The third kappa shape index (κ3) is 4.97. The molecule has 0 aromatic carbocycles. The Kier molecular flexibility index (Phi) is 6.34. The topological polar surface area (TPSA) is 53.4 Å². The molecule has 1 N–H and O–H groups in total. The van der Waals surface area contributed by atoms with Crippen LogP contribution in [0.5, 0.6) is 0 Å². The van der Waals surface area contributed by atoms with E-state index in [1.165, 1.54) is 19.3 Å². The highest BCUT2D eigenvalue weighted by Crippen LogP contribution is 2.26. The van der Waals surface area contributed by atoms with E-state index in [0.717, 1.165) is 57.7 Å². The maximum Gasteiger partial charge on any atom is 0.317 e. The molecule has 2 aliphatic rings. The van der Waals surface area contributed by atoms with Crippen LogP contribution in [0.2, 0.25) is 0 Å². The molecule has 0 spiro atoms. The molecule has 25 heavy (non-hydrogen) atoms. The van der Waals surface area contributed by atoms with Crippen molar-refractivity contribution in [3.05, 3.63) is 18.2 Å². The summed E-state index contributed by atoms with van der Waals surface area (Å²) in [6.45, 7) is 3.61. The van der Waals surface area contributed by atoms with Gasteiger partial charge < -0.3 is 19.7 Å². The SMILES string of the molecule is CN(C)CCn1ccnc1C1CCCN(C(=O)NC2CCCCC2)C1. The predicted octanol–water partition coefficient (Wildman–Crippen LogP) is 2.67. The number of hydrogen-bond acceptors (Lipinski definition) is 3. The standard InChI is InChI=1S/C19H33N5O/c1-22(2)13-14-23-12-10-20-18(23)16-7-6-11-24(15-16)19(25)21-17-8-4-3-5-9-17/h10,12,16-17H,3-9,11,13-15H2,1-2H3,(H,21,25). The van der Waals surface area contributed by atoms with E-state index in [-0.39, 0.29) is 6.03 Å². The minimum absolute atomic E-state index is 0.128. The van der Waals surface area contributed by atoms with Gasteiger partial charge in [0.05, 0.1) is 0 Å². The summed E-state index contributed by atoms with van der Waals surface area (Å²) in [6.07, 6.45) is 12.2. The van der Waals surface area contributed by atoms with E-state index in [2.05, 4.69) is 40.1 Å². The molecule has 1 aliphatic carbocycles. The number of urea groups is 1. The van der Waals surface area contributed by atoms with Gasteiger partial charge in [-0.05, 0) is 39.8 Å². The Hall–Kier alpha value is -1.56. The van der Waals surface area contributed by atoms with Crippen LogP contribution in [-0.2, 0) is 6.54 Å². The monoisotopic (exact) mass is 347 g/mol. The zero-order chi connectivity index (χ0) is 17.6. The van der Waals surface area contributed by atoms with Gasteiger partial charge in [0.1, 0.15) is 5.82 Å². The van der Waals surface area contributed by atoms with Crippen LogP contribution in [0, 0.1) is 0 Å². The Bertz CT molecular complexity index is 550. The molecule has 1 unspecified atom stereocenters. The number of carbonyl (C=O) groups is 1. The van der Waals surface area contributed by atoms with Gasteiger partial charge in [0, 0.05) is 50.5 Å². The van der Waals surface area contributed by atoms with Crippen molar-refractivity contribution in [3.63, 3.8) is 0 Å². The highest BCUT2D eigenvalue weighted by Gasteiger charge is 2.28. The van der Waals surface area contributed by atoms with Crippen molar-refractivity contribution in [1.82, 2.24) is 24.7 Å². The fraction of sp³-hybridized carbons (Fsp3) is 0.789. The van der Waals surface area contributed by atoms with Crippen molar-refractivity contribution in [1.29, 1.82) is 0 Å². The summed E-state index contributed by atoms with van der Waals surface area (Å²) in [5.74, 6) is 1.49. The van der Waals surface area contributed by atoms with Crippen LogP contribution in [0.3, 0.4) is 0 Å². The number of hydrogen-bond donors (Lipinski definition) is 1. The van der Waals surface area contributed by atoms with Crippen LogP contribution in [0.15, 0.2) is 12.4 Å². The van der Waals surface area contributed by atoms with E-state index in [0.29, 0.717) is 12.0 Å². The summed E-state index contributed by atoms with van der Waals surface area (Å²) in [7, 11) is 4.18. The number of likely N-dealkylation sites (N-methyl/N-ethyl adjacent to an activating group) is 1. The fourth-order valence-corrected chi connectivity index (χ4v) is 4.06. The number of likely N-dealkylation sites (tertiary alicyclic amines) is 1. The van der Waals surface area contributed by atoms with Crippen LogP contribution in [0.25, 0.3) is 0 Å². The maximum atomic E-state index is 12.7. The van der Waals surface area contributed by atoms with Gasteiger partial charge in [0.15, 0.2) is 0 Å². The Morgan fingerprint density at radius 2 is 2.04 bits per heavy atom. The lowest BCUT2D eigenvalue weighted by molar-refractivity contribution is 0.171. The number of piperidine rings is 1. The summed E-state index contributed by atoms with van der Waals surface area (Å²) in [5.41, 5.74) is 0. The fourth-order valence-electron chi connectivity index (χ4n) is 4.06. The van der Waals surface area contributed by atoms with E-state index < -0.39 is 0 Å². The second-order valence-electron chi connectivity index (χ2n) is 7.85. The molecule has 0 radical (unpaired) electrons. The third-order valence-corrected chi connectivity index (χ3v) is 5.54. The lowest BCUT2D eigenvalue weighted by Crippen LogP contribution is -2.48. The van der Waals surface area contributed by atoms with Gasteiger partial charge in [-0.25, -0.2) is 9.78 Å². The van der Waals surface area contributed by atoms with E-state index in [1.54, 1.807) is 0 Å². The number of nitrogens with one attached hydrogen (secondary N) is 1. The van der Waals surface area contributed by atoms with E-state index in [4.69, 9.17) is 0 Å². The van der Waals surface area contributed by atoms with Crippen molar-refractivity contribution in [2.45, 2.75) is 63.5 Å². The van der Waals surface area contributed by atoms with Crippen LogP contribution >= 0.6 is 0 Å². The number of nitrogens with zero attached hydrogens (tertiary/aromatic N) is 4.